The average molecular weight is 263 g/mol. The first-order valence-electron chi connectivity index (χ1n) is 5.30. The van der Waals surface area contributed by atoms with Crippen molar-refractivity contribution in [2.24, 2.45) is 0 Å². The van der Waals surface area contributed by atoms with Gasteiger partial charge in [-0.15, -0.1) is 11.3 Å². The normalized spacial score (nSPS) is 10.3. The predicted octanol–water partition coefficient (Wildman–Crippen LogP) is 2.06. The number of carboxylic acids is 1. The maximum atomic E-state index is 10.8. The van der Waals surface area contributed by atoms with Gasteiger partial charge in [-0.3, -0.25) is 0 Å². The number of anilines is 2. The zero-order valence-electron chi connectivity index (χ0n) is 9.83. The molecule has 2 aromatic rings. The average Bonchev–Trinajstić information content (AvgIpc) is 2.81. The molecule has 2 rings (SSSR count). The van der Waals surface area contributed by atoms with Gasteiger partial charge in [0.15, 0.2) is 5.82 Å². The minimum Gasteiger partial charge on any atom is -0.478 e. The van der Waals surface area contributed by atoms with Crippen LogP contribution in [0.1, 0.15) is 15.2 Å². The van der Waals surface area contributed by atoms with Crippen molar-refractivity contribution in [3.8, 4) is 0 Å². The molecular weight excluding hydrogens is 250 g/mol. The summed E-state index contributed by atoms with van der Waals surface area (Å²) in [5.41, 5.74) is 6.29. The van der Waals surface area contributed by atoms with Crippen molar-refractivity contribution in [2.45, 2.75) is 6.54 Å². The SMILES string of the molecule is CN(Cc1cccs1)c1ncc(C(=O)O)cc1N. The maximum absolute atomic E-state index is 10.8. The number of aromatic nitrogens is 1. The third-order valence-electron chi connectivity index (χ3n) is 2.48. The lowest BCUT2D eigenvalue weighted by molar-refractivity contribution is 0.0696. The van der Waals surface area contributed by atoms with E-state index in [1.165, 1.54) is 17.1 Å². The van der Waals surface area contributed by atoms with Crippen LogP contribution in [0.15, 0.2) is 29.8 Å². The maximum Gasteiger partial charge on any atom is 0.337 e. The standard InChI is InChI=1S/C12H13N3O2S/c1-15(7-9-3-2-4-18-9)11-10(13)5-8(6-14-11)12(16)17/h2-6H,7,13H2,1H3,(H,16,17). The molecule has 2 heterocycles. The number of nitrogen functional groups attached to an aromatic ring is 1. The van der Waals surface area contributed by atoms with Crippen molar-refractivity contribution in [3.63, 3.8) is 0 Å². The number of nitrogens with zero attached hydrogens (tertiary/aromatic N) is 2. The van der Waals surface area contributed by atoms with E-state index in [4.69, 9.17) is 10.8 Å². The van der Waals surface area contributed by atoms with Crippen LogP contribution in [0.5, 0.6) is 0 Å². The molecule has 6 heteroatoms. The van der Waals surface area contributed by atoms with Crippen LogP contribution in [0.4, 0.5) is 11.5 Å². The van der Waals surface area contributed by atoms with Gasteiger partial charge in [0.05, 0.1) is 17.8 Å². The molecule has 94 valence electrons. The second-order valence-corrected chi connectivity index (χ2v) is 4.91. The number of rotatable bonds is 4. The fourth-order valence-electron chi connectivity index (χ4n) is 1.62. The molecule has 0 bridgehead atoms. The highest BCUT2D eigenvalue weighted by Gasteiger charge is 2.11. The Morgan fingerprint density at radius 3 is 2.94 bits per heavy atom. The van der Waals surface area contributed by atoms with Crippen LogP contribution in [-0.4, -0.2) is 23.1 Å². The molecule has 5 nitrogen and oxygen atoms in total. The van der Waals surface area contributed by atoms with Crippen molar-refractivity contribution < 1.29 is 9.90 Å². The molecule has 0 radical (unpaired) electrons. The number of carbonyl (C=O) groups is 1. The van der Waals surface area contributed by atoms with E-state index >= 15 is 0 Å². The fraction of sp³-hybridized carbons (Fsp3) is 0.167. The van der Waals surface area contributed by atoms with Crippen LogP contribution < -0.4 is 10.6 Å². The molecule has 18 heavy (non-hydrogen) atoms. The molecule has 0 spiro atoms. The van der Waals surface area contributed by atoms with Crippen LogP contribution in [0.2, 0.25) is 0 Å². The van der Waals surface area contributed by atoms with Crippen LogP contribution in [-0.2, 0) is 6.54 Å². The molecule has 2 aromatic heterocycles. The predicted molar refractivity (Wildman–Crippen MR) is 72.0 cm³/mol. The summed E-state index contributed by atoms with van der Waals surface area (Å²) < 4.78 is 0. The Bertz CT molecular complexity index is 554. The number of aromatic carboxylic acids is 1. The Kier molecular flexibility index (Phi) is 3.47. The molecule has 0 amide bonds. The lowest BCUT2D eigenvalue weighted by Crippen LogP contribution is -2.19. The van der Waals surface area contributed by atoms with Crippen LogP contribution in [0.25, 0.3) is 0 Å². The molecule has 0 saturated carbocycles. The third kappa shape index (κ3) is 2.60. The minimum absolute atomic E-state index is 0.0979. The Hall–Kier alpha value is -2.08. The molecule has 0 aliphatic rings. The second-order valence-electron chi connectivity index (χ2n) is 3.88. The van der Waals surface area contributed by atoms with Gasteiger partial charge < -0.3 is 15.7 Å². The topological polar surface area (TPSA) is 79.5 Å². The van der Waals surface area contributed by atoms with Crippen LogP contribution in [0, 0.1) is 0 Å². The van der Waals surface area contributed by atoms with Crippen molar-refractivity contribution in [2.75, 3.05) is 17.7 Å². The zero-order valence-corrected chi connectivity index (χ0v) is 10.6. The van der Waals surface area contributed by atoms with E-state index in [9.17, 15) is 4.79 Å². The molecule has 0 saturated heterocycles. The summed E-state index contributed by atoms with van der Waals surface area (Å²) in [6.07, 6.45) is 1.32. The molecule has 0 unspecified atom stereocenters. The van der Waals surface area contributed by atoms with Gasteiger partial charge in [0.25, 0.3) is 0 Å². The second kappa shape index (κ2) is 5.05. The first kappa shape index (κ1) is 12.4. The van der Waals surface area contributed by atoms with Gasteiger partial charge in [-0.05, 0) is 17.5 Å². The number of nitrogens with two attached hydrogens (primary N) is 1. The summed E-state index contributed by atoms with van der Waals surface area (Å²) in [5, 5.41) is 10.8. The van der Waals surface area contributed by atoms with Gasteiger partial charge in [0.1, 0.15) is 0 Å². The summed E-state index contributed by atoms with van der Waals surface area (Å²) in [4.78, 5) is 18.0. The summed E-state index contributed by atoms with van der Waals surface area (Å²) >= 11 is 1.66. The first-order chi connectivity index (χ1) is 8.58. The van der Waals surface area contributed by atoms with Gasteiger partial charge in [0, 0.05) is 18.1 Å². The van der Waals surface area contributed by atoms with E-state index in [1.54, 1.807) is 11.3 Å². The Morgan fingerprint density at radius 2 is 2.39 bits per heavy atom. The quantitative estimate of drug-likeness (QED) is 0.882. The van der Waals surface area contributed by atoms with Gasteiger partial charge >= 0.3 is 5.97 Å². The highest BCUT2D eigenvalue weighted by atomic mass is 32.1. The molecule has 0 aliphatic heterocycles. The number of hydrogen-bond donors (Lipinski definition) is 2. The smallest absolute Gasteiger partial charge is 0.337 e. The lowest BCUT2D eigenvalue weighted by atomic mass is 10.2. The molecule has 0 fully saturated rings. The van der Waals surface area contributed by atoms with Crippen molar-refractivity contribution in [3.05, 3.63) is 40.2 Å². The zero-order chi connectivity index (χ0) is 13.1. The van der Waals surface area contributed by atoms with E-state index < -0.39 is 5.97 Å². The minimum atomic E-state index is -1.03. The van der Waals surface area contributed by atoms with Crippen LogP contribution in [0.3, 0.4) is 0 Å². The summed E-state index contributed by atoms with van der Waals surface area (Å²) in [6, 6.07) is 5.44. The largest absolute Gasteiger partial charge is 0.478 e. The van der Waals surface area contributed by atoms with Gasteiger partial charge in [-0.2, -0.15) is 0 Å². The molecule has 0 aliphatic carbocycles. The summed E-state index contributed by atoms with van der Waals surface area (Å²) in [5.74, 6) is -0.435. The van der Waals surface area contributed by atoms with Crippen LogP contribution >= 0.6 is 11.3 Å². The molecule has 0 atom stereocenters. The van der Waals surface area contributed by atoms with Crippen molar-refractivity contribution in [1.29, 1.82) is 0 Å². The summed E-state index contributed by atoms with van der Waals surface area (Å²) in [6.45, 7) is 0.696. The molecule has 0 aromatic carbocycles. The Balaban J connectivity index is 2.20. The van der Waals surface area contributed by atoms with E-state index in [2.05, 4.69) is 4.98 Å². The van der Waals surface area contributed by atoms with E-state index in [-0.39, 0.29) is 5.56 Å². The van der Waals surface area contributed by atoms with Gasteiger partial charge in [-0.1, -0.05) is 6.07 Å². The first-order valence-corrected chi connectivity index (χ1v) is 6.18. The highest BCUT2D eigenvalue weighted by Crippen LogP contribution is 2.22. The fourth-order valence-corrected chi connectivity index (χ4v) is 2.38. The monoisotopic (exact) mass is 263 g/mol. The number of pyridine rings is 1. The Morgan fingerprint density at radius 1 is 1.61 bits per heavy atom. The number of carboxylic acid groups (broad SMARTS) is 1. The van der Waals surface area contributed by atoms with Gasteiger partial charge in [0.2, 0.25) is 0 Å². The highest BCUT2D eigenvalue weighted by molar-refractivity contribution is 7.09. The van der Waals surface area contributed by atoms with Crippen molar-refractivity contribution in [1.82, 2.24) is 4.98 Å². The molecular formula is C12H13N3O2S. The van der Waals surface area contributed by atoms with E-state index in [1.807, 2.05) is 29.5 Å². The van der Waals surface area contributed by atoms with Crippen molar-refractivity contribution >= 4 is 28.8 Å². The number of thiophene rings is 1. The lowest BCUT2D eigenvalue weighted by Gasteiger charge is -2.19. The van der Waals surface area contributed by atoms with E-state index in [0.29, 0.717) is 18.1 Å². The Labute approximate surface area is 108 Å². The molecule has 3 N–H and O–H groups in total. The van der Waals surface area contributed by atoms with E-state index in [0.717, 1.165) is 0 Å². The van der Waals surface area contributed by atoms with Gasteiger partial charge in [-0.25, -0.2) is 9.78 Å². The third-order valence-corrected chi connectivity index (χ3v) is 3.34. The number of hydrogen-bond acceptors (Lipinski definition) is 5. The summed E-state index contributed by atoms with van der Waals surface area (Å²) in [7, 11) is 1.87.